The summed E-state index contributed by atoms with van der Waals surface area (Å²) in [5.41, 5.74) is -0.925. The van der Waals surface area contributed by atoms with E-state index in [2.05, 4.69) is 15.5 Å². The Balaban J connectivity index is 1.78. The van der Waals surface area contributed by atoms with E-state index < -0.39 is 28.5 Å². The third-order valence-electron chi connectivity index (χ3n) is 3.90. The summed E-state index contributed by atoms with van der Waals surface area (Å²) >= 11 is 0. The van der Waals surface area contributed by atoms with Gasteiger partial charge in [-0.15, -0.1) is 0 Å². The minimum absolute atomic E-state index is 0.0204. The monoisotopic (exact) mass is 382 g/mol. The quantitative estimate of drug-likeness (QED) is 0.390. The first-order chi connectivity index (χ1) is 13.4. The van der Waals surface area contributed by atoms with E-state index in [1.165, 1.54) is 43.3 Å². The van der Waals surface area contributed by atoms with Crippen LogP contribution >= 0.6 is 0 Å². The van der Waals surface area contributed by atoms with E-state index in [1.807, 2.05) is 0 Å². The van der Waals surface area contributed by atoms with Crippen molar-refractivity contribution in [2.75, 3.05) is 5.32 Å². The average molecular weight is 382 g/mol. The highest BCUT2D eigenvalue weighted by atomic mass is 16.6. The fourth-order valence-electron chi connectivity index (χ4n) is 2.51. The second kappa shape index (κ2) is 7.66. The van der Waals surface area contributed by atoms with Crippen molar-refractivity contribution >= 4 is 34.0 Å². The van der Waals surface area contributed by atoms with Crippen LogP contribution in [0.4, 0.5) is 11.4 Å². The predicted octanol–water partition coefficient (Wildman–Crippen LogP) is 2.02. The number of benzene rings is 2. The van der Waals surface area contributed by atoms with Gasteiger partial charge in [-0.1, -0.05) is 30.3 Å². The number of nitro benzene ring substituents is 1. The van der Waals surface area contributed by atoms with E-state index in [0.29, 0.717) is 0 Å². The molecule has 0 unspecified atom stereocenters. The molecule has 0 aliphatic heterocycles. The lowest BCUT2D eigenvalue weighted by molar-refractivity contribution is -0.383. The number of anilines is 1. The molecule has 1 heterocycles. The normalized spacial score (nSPS) is 11.6. The molecule has 1 amide bonds. The maximum Gasteiger partial charge on any atom is 0.360 e. The summed E-state index contributed by atoms with van der Waals surface area (Å²) in [4.78, 5) is 46.9. The Morgan fingerprint density at radius 3 is 2.50 bits per heavy atom. The second-order valence-corrected chi connectivity index (χ2v) is 5.76. The first kappa shape index (κ1) is 18.7. The number of rotatable bonds is 5. The molecule has 1 aromatic heterocycles. The van der Waals surface area contributed by atoms with E-state index in [0.717, 1.165) is 0 Å². The van der Waals surface area contributed by atoms with Gasteiger partial charge >= 0.3 is 5.97 Å². The molecule has 0 radical (unpaired) electrons. The molecule has 2 aromatic carbocycles. The summed E-state index contributed by atoms with van der Waals surface area (Å²) in [6.07, 6.45) is -1.26. The van der Waals surface area contributed by atoms with Gasteiger partial charge in [0.25, 0.3) is 17.2 Å². The molecule has 0 fully saturated rings. The maximum atomic E-state index is 12.4. The molecule has 0 bridgehead atoms. The largest absolute Gasteiger partial charge is 0.448 e. The number of para-hydroxylation sites is 2. The molecule has 0 aliphatic carbocycles. The number of hydrogen-bond acceptors (Lipinski definition) is 7. The van der Waals surface area contributed by atoms with Crippen molar-refractivity contribution in [2.45, 2.75) is 13.0 Å². The topological polar surface area (TPSA) is 144 Å². The summed E-state index contributed by atoms with van der Waals surface area (Å²) < 4.78 is 5.11. The number of esters is 1. The Kier molecular flexibility index (Phi) is 5.12. The third kappa shape index (κ3) is 3.70. The van der Waals surface area contributed by atoms with Crippen LogP contribution in [0.15, 0.2) is 53.3 Å². The molecule has 2 N–H and O–H groups in total. The van der Waals surface area contributed by atoms with E-state index in [4.69, 9.17) is 4.74 Å². The maximum absolute atomic E-state index is 12.4. The number of nitro groups is 1. The van der Waals surface area contributed by atoms with Gasteiger partial charge in [-0.2, -0.15) is 5.10 Å². The molecule has 0 saturated heterocycles. The SMILES string of the molecule is C[C@H](OC(=O)c1n[nH]c(=O)c2ccccc12)C(=O)Nc1ccccc1[N+](=O)[O-]. The number of carbonyl (C=O) groups excluding carboxylic acids is 2. The summed E-state index contributed by atoms with van der Waals surface area (Å²) in [5.74, 6) is -1.67. The highest BCUT2D eigenvalue weighted by Gasteiger charge is 2.24. The minimum Gasteiger partial charge on any atom is -0.448 e. The van der Waals surface area contributed by atoms with E-state index in [9.17, 15) is 24.5 Å². The molecule has 0 spiro atoms. The molecular weight excluding hydrogens is 368 g/mol. The first-order valence-corrected chi connectivity index (χ1v) is 8.11. The summed E-state index contributed by atoms with van der Waals surface area (Å²) in [6, 6.07) is 11.9. The first-order valence-electron chi connectivity index (χ1n) is 8.11. The number of carbonyl (C=O) groups is 2. The van der Waals surface area contributed by atoms with Gasteiger partial charge in [-0.25, -0.2) is 9.89 Å². The average Bonchev–Trinajstić information content (AvgIpc) is 2.68. The Morgan fingerprint density at radius 1 is 1.14 bits per heavy atom. The smallest absolute Gasteiger partial charge is 0.360 e. The number of fused-ring (bicyclic) bond motifs is 1. The Bertz CT molecular complexity index is 1140. The van der Waals surface area contributed by atoms with Crippen LogP contribution in [0.3, 0.4) is 0 Å². The van der Waals surface area contributed by atoms with Crippen molar-refractivity contribution in [3.63, 3.8) is 0 Å². The lowest BCUT2D eigenvalue weighted by Gasteiger charge is -2.13. The molecule has 0 saturated carbocycles. The number of H-pyrrole nitrogens is 1. The van der Waals surface area contributed by atoms with Crippen LogP contribution in [0.5, 0.6) is 0 Å². The van der Waals surface area contributed by atoms with Gasteiger partial charge in [0.1, 0.15) is 5.69 Å². The van der Waals surface area contributed by atoms with Gasteiger partial charge in [0, 0.05) is 11.5 Å². The highest BCUT2D eigenvalue weighted by molar-refractivity contribution is 6.04. The standard InChI is InChI=1S/C18H14N4O6/c1-10(16(23)19-13-8-4-5-9-14(13)22(26)27)28-18(25)15-11-6-2-3-7-12(11)17(24)21-20-15/h2-10H,1H3,(H,19,23)(H,21,24)/t10-/m0/s1. The molecule has 1 atom stereocenters. The van der Waals surface area contributed by atoms with Gasteiger partial charge in [0.05, 0.1) is 10.3 Å². The second-order valence-electron chi connectivity index (χ2n) is 5.76. The molecule has 10 nitrogen and oxygen atoms in total. The highest BCUT2D eigenvalue weighted by Crippen LogP contribution is 2.23. The van der Waals surface area contributed by atoms with Gasteiger partial charge in [-0.3, -0.25) is 19.7 Å². The number of aromatic amines is 1. The molecule has 0 aliphatic rings. The van der Waals surface area contributed by atoms with E-state index >= 15 is 0 Å². The van der Waals surface area contributed by atoms with Gasteiger partial charge in [0.15, 0.2) is 11.8 Å². The Hall–Kier alpha value is -4.08. The molecule has 3 rings (SSSR count). The number of ether oxygens (including phenoxy) is 1. The summed E-state index contributed by atoms with van der Waals surface area (Å²) in [7, 11) is 0. The molecule has 3 aromatic rings. The van der Waals surface area contributed by atoms with Gasteiger partial charge in [-0.05, 0) is 19.1 Å². The molecular formula is C18H14N4O6. The summed E-state index contributed by atoms with van der Waals surface area (Å²) in [5, 5.41) is 19.8. The van der Waals surface area contributed by atoms with Crippen LogP contribution < -0.4 is 10.9 Å². The van der Waals surface area contributed by atoms with Gasteiger partial charge < -0.3 is 10.1 Å². The number of hydrogen-bond donors (Lipinski definition) is 2. The van der Waals surface area contributed by atoms with Crippen LogP contribution in [-0.4, -0.2) is 33.1 Å². The third-order valence-corrected chi connectivity index (χ3v) is 3.90. The van der Waals surface area contributed by atoms with Crippen LogP contribution in [0.25, 0.3) is 10.8 Å². The van der Waals surface area contributed by atoms with E-state index in [-0.39, 0.29) is 27.8 Å². The zero-order valence-corrected chi connectivity index (χ0v) is 14.5. The van der Waals surface area contributed by atoms with E-state index in [1.54, 1.807) is 12.1 Å². The molecule has 142 valence electrons. The predicted molar refractivity (Wildman–Crippen MR) is 99.0 cm³/mol. The van der Waals surface area contributed by atoms with Crippen molar-refractivity contribution in [2.24, 2.45) is 0 Å². The fraction of sp³-hybridized carbons (Fsp3) is 0.111. The zero-order chi connectivity index (χ0) is 20.3. The van der Waals surface area contributed by atoms with Crippen molar-refractivity contribution in [1.82, 2.24) is 10.2 Å². The zero-order valence-electron chi connectivity index (χ0n) is 14.5. The number of aromatic nitrogens is 2. The molecule has 28 heavy (non-hydrogen) atoms. The van der Waals surface area contributed by atoms with Crippen molar-refractivity contribution in [3.8, 4) is 0 Å². The molecule has 10 heteroatoms. The van der Waals surface area contributed by atoms with Crippen LogP contribution in [0, 0.1) is 10.1 Å². The Labute approximate surface area is 157 Å². The number of nitrogens with one attached hydrogen (secondary N) is 2. The lowest BCUT2D eigenvalue weighted by Crippen LogP contribution is -2.31. The van der Waals surface area contributed by atoms with Crippen molar-refractivity contribution in [3.05, 3.63) is 74.7 Å². The summed E-state index contributed by atoms with van der Waals surface area (Å²) in [6.45, 7) is 1.32. The number of amides is 1. The Morgan fingerprint density at radius 2 is 1.79 bits per heavy atom. The fourth-order valence-corrected chi connectivity index (χ4v) is 2.51. The van der Waals surface area contributed by atoms with Crippen LogP contribution in [0.1, 0.15) is 17.4 Å². The van der Waals surface area contributed by atoms with Gasteiger partial charge in [0.2, 0.25) is 0 Å². The minimum atomic E-state index is -1.26. The van der Waals surface area contributed by atoms with Crippen LogP contribution in [0.2, 0.25) is 0 Å². The van der Waals surface area contributed by atoms with Crippen LogP contribution in [-0.2, 0) is 9.53 Å². The van der Waals surface area contributed by atoms with Crippen molar-refractivity contribution < 1.29 is 19.2 Å². The number of nitrogens with zero attached hydrogens (tertiary/aromatic N) is 2. The lowest BCUT2D eigenvalue weighted by atomic mass is 10.1. The van der Waals surface area contributed by atoms with Crippen molar-refractivity contribution in [1.29, 1.82) is 0 Å².